The van der Waals surface area contributed by atoms with Crippen molar-refractivity contribution in [1.82, 2.24) is 19.6 Å². The lowest BCUT2D eigenvalue weighted by Crippen LogP contribution is -2.56. The zero-order valence-corrected chi connectivity index (χ0v) is 18.8. The standard InChI is InChI=1S/C24H31F3N4O2/c25-24(26,27)20-4-1-3-19(17-20)7-8-22(32)30-11-9-28(10-12-30)18-23(33)31-15-13-29(14-16-31)21-5-2-6-21/h1,3-4,7-8,17,21H,2,5-6,9-16,18H2/b8-7+. The molecular formula is C24H31F3N4O2. The molecule has 0 N–H and O–H groups in total. The molecule has 6 nitrogen and oxygen atoms in total. The highest BCUT2D eigenvalue weighted by atomic mass is 19.4. The van der Waals surface area contributed by atoms with Crippen molar-refractivity contribution in [2.24, 2.45) is 0 Å². The fraction of sp³-hybridized carbons (Fsp3) is 0.583. The number of hydrogen-bond donors (Lipinski definition) is 0. The van der Waals surface area contributed by atoms with Gasteiger partial charge in [-0.3, -0.25) is 19.4 Å². The van der Waals surface area contributed by atoms with Gasteiger partial charge in [-0.1, -0.05) is 18.6 Å². The summed E-state index contributed by atoms with van der Waals surface area (Å²) in [5.41, 5.74) is -0.403. The van der Waals surface area contributed by atoms with E-state index in [4.69, 9.17) is 0 Å². The Morgan fingerprint density at radius 1 is 0.939 bits per heavy atom. The molecule has 1 aliphatic carbocycles. The van der Waals surface area contributed by atoms with Gasteiger partial charge in [-0.2, -0.15) is 13.2 Å². The second kappa shape index (κ2) is 10.3. The van der Waals surface area contributed by atoms with Crippen molar-refractivity contribution >= 4 is 17.9 Å². The van der Waals surface area contributed by atoms with Gasteiger partial charge in [0.2, 0.25) is 11.8 Å². The number of carbonyl (C=O) groups is 2. The number of nitrogens with zero attached hydrogens (tertiary/aromatic N) is 4. The Labute approximate surface area is 192 Å². The Bertz CT molecular complexity index is 869. The molecule has 0 unspecified atom stereocenters. The first-order valence-electron chi connectivity index (χ1n) is 11.7. The van der Waals surface area contributed by atoms with Crippen molar-refractivity contribution in [1.29, 1.82) is 0 Å². The lowest BCUT2D eigenvalue weighted by atomic mass is 9.91. The van der Waals surface area contributed by atoms with Crippen molar-refractivity contribution in [3.8, 4) is 0 Å². The van der Waals surface area contributed by atoms with E-state index in [1.165, 1.54) is 43.5 Å². The van der Waals surface area contributed by atoms with Crippen LogP contribution in [0, 0.1) is 0 Å². The SMILES string of the molecule is O=C(/C=C/c1cccc(C(F)(F)F)c1)N1CCN(CC(=O)N2CCN(C3CCC3)CC2)CC1. The zero-order valence-electron chi connectivity index (χ0n) is 18.8. The van der Waals surface area contributed by atoms with Crippen molar-refractivity contribution in [3.63, 3.8) is 0 Å². The van der Waals surface area contributed by atoms with Gasteiger partial charge in [-0.25, -0.2) is 0 Å². The van der Waals surface area contributed by atoms with Gasteiger partial charge < -0.3 is 9.80 Å². The molecule has 1 aromatic carbocycles. The van der Waals surface area contributed by atoms with E-state index < -0.39 is 11.7 Å². The number of halogens is 3. The van der Waals surface area contributed by atoms with Crippen LogP contribution in [-0.2, 0) is 15.8 Å². The highest BCUT2D eigenvalue weighted by Gasteiger charge is 2.31. The Kier molecular flexibility index (Phi) is 7.38. The Balaban J connectivity index is 1.20. The average molecular weight is 465 g/mol. The molecule has 0 radical (unpaired) electrons. The summed E-state index contributed by atoms with van der Waals surface area (Å²) in [6.45, 7) is 6.05. The molecule has 0 spiro atoms. The van der Waals surface area contributed by atoms with Crippen LogP contribution in [0.4, 0.5) is 13.2 Å². The summed E-state index contributed by atoms with van der Waals surface area (Å²) in [6.07, 6.45) is 2.21. The summed E-state index contributed by atoms with van der Waals surface area (Å²) in [7, 11) is 0. The van der Waals surface area contributed by atoms with Crippen molar-refractivity contribution in [2.45, 2.75) is 31.5 Å². The van der Waals surface area contributed by atoms with Gasteiger partial charge in [0.15, 0.2) is 0 Å². The number of rotatable bonds is 5. The molecular weight excluding hydrogens is 433 g/mol. The molecule has 4 rings (SSSR count). The first-order valence-corrected chi connectivity index (χ1v) is 11.7. The predicted molar refractivity (Wildman–Crippen MR) is 119 cm³/mol. The molecule has 2 heterocycles. The smallest absolute Gasteiger partial charge is 0.339 e. The van der Waals surface area contributed by atoms with E-state index in [1.54, 1.807) is 4.90 Å². The molecule has 0 bridgehead atoms. The van der Waals surface area contributed by atoms with Crippen LogP contribution in [0.1, 0.15) is 30.4 Å². The van der Waals surface area contributed by atoms with E-state index in [1.807, 2.05) is 4.90 Å². The predicted octanol–water partition coefficient (Wildman–Crippen LogP) is 2.56. The molecule has 2 aliphatic heterocycles. The quantitative estimate of drug-likeness (QED) is 0.629. The summed E-state index contributed by atoms with van der Waals surface area (Å²) in [5.74, 6) is -0.0852. The van der Waals surface area contributed by atoms with Gasteiger partial charge in [0.25, 0.3) is 0 Å². The maximum Gasteiger partial charge on any atom is 0.416 e. The van der Waals surface area contributed by atoms with Crippen LogP contribution >= 0.6 is 0 Å². The van der Waals surface area contributed by atoms with E-state index >= 15 is 0 Å². The molecule has 33 heavy (non-hydrogen) atoms. The topological polar surface area (TPSA) is 47.1 Å². The third kappa shape index (κ3) is 6.14. The number of amides is 2. The summed E-state index contributed by atoms with van der Waals surface area (Å²) in [4.78, 5) is 33.3. The normalized spacial score (nSPS) is 21.4. The van der Waals surface area contributed by atoms with Crippen molar-refractivity contribution in [2.75, 3.05) is 58.9 Å². The van der Waals surface area contributed by atoms with Crippen LogP contribution < -0.4 is 0 Å². The third-order valence-corrected chi connectivity index (χ3v) is 6.93. The highest BCUT2D eigenvalue weighted by Crippen LogP contribution is 2.29. The van der Waals surface area contributed by atoms with E-state index in [9.17, 15) is 22.8 Å². The molecule has 9 heteroatoms. The minimum Gasteiger partial charge on any atom is -0.339 e. The fourth-order valence-corrected chi connectivity index (χ4v) is 4.60. The summed E-state index contributed by atoms with van der Waals surface area (Å²) in [5, 5.41) is 0. The monoisotopic (exact) mass is 464 g/mol. The minimum absolute atomic E-state index is 0.146. The lowest BCUT2D eigenvalue weighted by Gasteiger charge is -2.43. The number of benzene rings is 1. The maximum absolute atomic E-state index is 12.8. The number of hydrogen-bond acceptors (Lipinski definition) is 4. The lowest BCUT2D eigenvalue weighted by molar-refractivity contribution is -0.138. The van der Waals surface area contributed by atoms with Crippen LogP contribution in [0.15, 0.2) is 30.3 Å². The van der Waals surface area contributed by atoms with Crippen LogP contribution in [-0.4, -0.2) is 96.4 Å². The van der Waals surface area contributed by atoms with E-state index in [-0.39, 0.29) is 11.8 Å². The maximum atomic E-state index is 12.8. The highest BCUT2D eigenvalue weighted by molar-refractivity contribution is 5.91. The number of alkyl halides is 3. The van der Waals surface area contributed by atoms with Crippen LogP contribution in [0.25, 0.3) is 6.08 Å². The van der Waals surface area contributed by atoms with Crippen molar-refractivity contribution < 1.29 is 22.8 Å². The molecule has 1 saturated carbocycles. The zero-order chi connectivity index (χ0) is 23.4. The summed E-state index contributed by atoms with van der Waals surface area (Å²) >= 11 is 0. The minimum atomic E-state index is -4.41. The Hall–Kier alpha value is -2.39. The largest absolute Gasteiger partial charge is 0.416 e. The average Bonchev–Trinajstić information content (AvgIpc) is 2.77. The molecule has 0 atom stereocenters. The van der Waals surface area contributed by atoms with Crippen molar-refractivity contribution in [3.05, 3.63) is 41.5 Å². The molecule has 1 aromatic rings. The first-order chi connectivity index (χ1) is 15.8. The molecule has 0 aromatic heterocycles. The fourth-order valence-electron chi connectivity index (χ4n) is 4.60. The van der Waals surface area contributed by atoms with Gasteiger partial charge in [-0.05, 0) is 36.6 Å². The Morgan fingerprint density at radius 3 is 2.21 bits per heavy atom. The Morgan fingerprint density at radius 2 is 1.61 bits per heavy atom. The summed E-state index contributed by atoms with van der Waals surface area (Å²) in [6, 6.07) is 5.62. The molecule has 3 aliphatic rings. The van der Waals surface area contributed by atoms with Crippen LogP contribution in [0.5, 0.6) is 0 Å². The molecule has 2 amide bonds. The first kappa shape index (κ1) is 23.8. The molecule has 180 valence electrons. The number of piperazine rings is 2. The van der Waals surface area contributed by atoms with E-state index in [0.717, 1.165) is 44.4 Å². The second-order valence-electron chi connectivity index (χ2n) is 9.06. The van der Waals surface area contributed by atoms with E-state index in [2.05, 4.69) is 9.80 Å². The van der Waals surface area contributed by atoms with Gasteiger partial charge in [0, 0.05) is 64.5 Å². The van der Waals surface area contributed by atoms with Gasteiger partial charge in [0.1, 0.15) is 0 Å². The summed E-state index contributed by atoms with van der Waals surface area (Å²) < 4.78 is 38.5. The van der Waals surface area contributed by atoms with E-state index in [0.29, 0.717) is 38.3 Å². The van der Waals surface area contributed by atoms with Gasteiger partial charge in [-0.15, -0.1) is 0 Å². The number of carbonyl (C=O) groups excluding carboxylic acids is 2. The molecule has 3 fully saturated rings. The van der Waals surface area contributed by atoms with Crippen LogP contribution in [0.3, 0.4) is 0 Å². The van der Waals surface area contributed by atoms with Gasteiger partial charge in [0.05, 0.1) is 12.1 Å². The second-order valence-corrected chi connectivity index (χ2v) is 9.06. The van der Waals surface area contributed by atoms with Crippen LogP contribution in [0.2, 0.25) is 0 Å². The third-order valence-electron chi connectivity index (χ3n) is 6.93. The molecule has 2 saturated heterocycles. The van der Waals surface area contributed by atoms with Gasteiger partial charge >= 0.3 is 6.18 Å².